The SMILES string of the molecule is Cc1ccc2ncc(CN3C(=O)CC4(CCC4)C3=O)cc2c1. The van der Waals surface area contributed by atoms with Crippen molar-refractivity contribution in [3.8, 4) is 0 Å². The fraction of sp³-hybridized carbons (Fsp3) is 0.389. The summed E-state index contributed by atoms with van der Waals surface area (Å²) in [5, 5.41) is 1.05. The van der Waals surface area contributed by atoms with Crippen molar-refractivity contribution < 1.29 is 9.59 Å². The van der Waals surface area contributed by atoms with E-state index in [1.165, 1.54) is 10.5 Å². The van der Waals surface area contributed by atoms with Crippen molar-refractivity contribution in [2.24, 2.45) is 5.41 Å². The van der Waals surface area contributed by atoms with Crippen molar-refractivity contribution in [2.45, 2.75) is 39.2 Å². The largest absolute Gasteiger partial charge is 0.278 e. The third-order valence-corrected chi connectivity index (χ3v) is 5.03. The number of fused-ring (bicyclic) bond motifs is 1. The topological polar surface area (TPSA) is 50.3 Å². The van der Waals surface area contributed by atoms with Gasteiger partial charge in [-0.1, -0.05) is 18.1 Å². The number of imide groups is 1. The maximum atomic E-state index is 12.5. The second-order valence-electron chi connectivity index (χ2n) is 6.64. The third kappa shape index (κ3) is 1.94. The van der Waals surface area contributed by atoms with Crippen molar-refractivity contribution in [2.75, 3.05) is 0 Å². The van der Waals surface area contributed by atoms with Gasteiger partial charge in [0.05, 0.1) is 17.5 Å². The second kappa shape index (κ2) is 4.63. The van der Waals surface area contributed by atoms with Gasteiger partial charge in [-0.2, -0.15) is 0 Å². The summed E-state index contributed by atoms with van der Waals surface area (Å²) < 4.78 is 0. The summed E-state index contributed by atoms with van der Waals surface area (Å²) >= 11 is 0. The molecule has 0 atom stereocenters. The van der Waals surface area contributed by atoms with Crippen LogP contribution in [-0.2, 0) is 16.1 Å². The molecule has 1 saturated heterocycles. The molecule has 0 bridgehead atoms. The van der Waals surface area contributed by atoms with Gasteiger partial charge in [-0.05, 0) is 43.5 Å². The lowest BCUT2D eigenvalue weighted by Crippen LogP contribution is -2.39. The van der Waals surface area contributed by atoms with E-state index in [2.05, 4.69) is 11.1 Å². The van der Waals surface area contributed by atoms with E-state index < -0.39 is 0 Å². The van der Waals surface area contributed by atoms with Gasteiger partial charge >= 0.3 is 0 Å². The maximum Gasteiger partial charge on any atom is 0.236 e. The van der Waals surface area contributed by atoms with Gasteiger partial charge in [0.25, 0.3) is 0 Å². The first-order chi connectivity index (χ1) is 10.6. The van der Waals surface area contributed by atoms with Crippen LogP contribution in [0.1, 0.15) is 36.8 Å². The number of nitrogens with zero attached hydrogens (tertiary/aromatic N) is 2. The molecule has 4 nitrogen and oxygen atoms in total. The zero-order chi connectivity index (χ0) is 15.3. The van der Waals surface area contributed by atoms with Crippen LogP contribution < -0.4 is 0 Å². The number of pyridine rings is 1. The maximum absolute atomic E-state index is 12.5. The molecule has 2 fully saturated rings. The molecule has 0 N–H and O–H groups in total. The first-order valence-corrected chi connectivity index (χ1v) is 7.78. The Morgan fingerprint density at radius 3 is 2.73 bits per heavy atom. The lowest BCUT2D eigenvalue weighted by molar-refractivity contribution is -0.144. The van der Waals surface area contributed by atoms with Crippen LogP contribution in [0.15, 0.2) is 30.5 Å². The Kier molecular flexibility index (Phi) is 2.83. The summed E-state index contributed by atoms with van der Waals surface area (Å²) in [5.74, 6) is -0.0119. The molecule has 4 rings (SSSR count). The van der Waals surface area contributed by atoms with E-state index in [-0.39, 0.29) is 17.2 Å². The minimum Gasteiger partial charge on any atom is -0.278 e. The van der Waals surface area contributed by atoms with Gasteiger partial charge in [-0.3, -0.25) is 19.5 Å². The predicted molar refractivity (Wildman–Crippen MR) is 82.9 cm³/mol. The normalized spacial score (nSPS) is 20.0. The van der Waals surface area contributed by atoms with Gasteiger partial charge in [0.15, 0.2) is 0 Å². The number of likely N-dealkylation sites (tertiary alicyclic amines) is 1. The Labute approximate surface area is 129 Å². The van der Waals surface area contributed by atoms with Crippen molar-refractivity contribution in [3.05, 3.63) is 41.6 Å². The highest BCUT2D eigenvalue weighted by molar-refractivity contribution is 6.06. The van der Waals surface area contributed by atoms with Crippen LogP contribution in [-0.4, -0.2) is 21.7 Å². The van der Waals surface area contributed by atoms with Crippen LogP contribution in [0.3, 0.4) is 0 Å². The van der Waals surface area contributed by atoms with Crippen LogP contribution in [0.5, 0.6) is 0 Å². The Morgan fingerprint density at radius 2 is 2.05 bits per heavy atom. The van der Waals surface area contributed by atoms with E-state index in [0.29, 0.717) is 13.0 Å². The first-order valence-electron chi connectivity index (χ1n) is 7.78. The minimum absolute atomic E-state index is 0.0214. The van der Waals surface area contributed by atoms with Crippen LogP contribution in [0.2, 0.25) is 0 Å². The van der Waals surface area contributed by atoms with Crippen molar-refractivity contribution in [1.29, 1.82) is 0 Å². The lowest BCUT2D eigenvalue weighted by Gasteiger charge is -2.35. The van der Waals surface area contributed by atoms with Gasteiger partial charge in [0.1, 0.15) is 0 Å². The molecule has 4 heteroatoms. The summed E-state index contributed by atoms with van der Waals surface area (Å²) in [5.41, 5.74) is 2.66. The molecule has 2 amide bonds. The van der Waals surface area contributed by atoms with Crippen LogP contribution in [0.25, 0.3) is 10.9 Å². The number of benzene rings is 1. The highest BCUT2D eigenvalue weighted by Crippen LogP contribution is 2.49. The van der Waals surface area contributed by atoms with E-state index in [1.807, 2.05) is 25.1 Å². The van der Waals surface area contributed by atoms with E-state index in [4.69, 9.17) is 0 Å². The molecular weight excluding hydrogens is 276 g/mol. The third-order valence-electron chi connectivity index (χ3n) is 5.03. The van der Waals surface area contributed by atoms with E-state index in [1.54, 1.807) is 6.20 Å². The molecule has 1 aromatic heterocycles. The van der Waals surface area contributed by atoms with Gasteiger partial charge < -0.3 is 0 Å². The summed E-state index contributed by atoms with van der Waals surface area (Å²) in [4.78, 5) is 30.6. The van der Waals surface area contributed by atoms with Crippen molar-refractivity contribution in [3.63, 3.8) is 0 Å². The average Bonchev–Trinajstić information content (AvgIpc) is 2.71. The number of hydrogen-bond acceptors (Lipinski definition) is 3. The number of carbonyl (C=O) groups is 2. The Morgan fingerprint density at radius 1 is 1.23 bits per heavy atom. The highest BCUT2D eigenvalue weighted by Gasteiger charge is 2.54. The van der Waals surface area contributed by atoms with E-state index in [9.17, 15) is 9.59 Å². The molecule has 0 radical (unpaired) electrons. The standard InChI is InChI=1S/C18H18N2O2/c1-12-3-4-15-14(7-12)8-13(10-19-15)11-20-16(21)9-18(17(20)22)5-2-6-18/h3-4,7-8,10H,2,5-6,9,11H2,1H3. The molecule has 2 aliphatic rings. The fourth-order valence-electron chi connectivity index (χ4n) is 3.58. The predicted octanol–water partition coefficient (Wildman–Crippen LogP) is 2.97. The summed E-state index contributed by atoms with van der Waals surface area (Å²) in [6.07, 6.45) is 4.95. The van der Waals surface area contributed by atoms with E-state index in [0.717, 1.165) is 35.7 Å². The summed E-state index contributed by atoms with van der Waals surface area (Å²) in [7, 11) is 0. The zero-order valence-corrected chi connectivity index (χ0v) is 12.6. The molecule has 1 spiro atoms. The number of aromatic nitrogens is 1. The van der Waals surface area contributed by atoms with Gasteiger partial charge in [-0.25, -0.2) is 0 Å². The van der Waals surface area contributed by atoms with Crippen molar-refractivity contribution in [1.82, 2.24) is 9.88 Å². The molecule has 1 aromatic carbocycles. The minimum atomic E-state index is -0.363. The van der Waals surface area contributed by atoms with Gasteiger partial charge in [0, 0.05) is 18.0 Å². The summed E-state index contributed by atoms with van der Waals surface area (Å²) in [6, 6.07) is 8.13. The van der Waals surface area contributed by atoms with Gasteiger partial charge in [0.2, 0.25) is 11.8 Å². The van der Waals surface area contributed by atoms with Crippen LogP contribution in [0, 0.1) is 12.3 Å². The molecule has 22 heavy (non-hydrogen) atoms. The van der Waals surface area contributed by atoms with Crippen LogP contribution in [0.4, 0.5) is 0 Å². The molecular formula is C18H18N2O2. The molecule has 1 aliphatic heterocycles. The molecule has 112 valence electrons. The smallest absolute Gasteiger partial charge is 0.236 e. The number of carbonyl (C=O) groups excluding carboxylic acids is 2. The Bertz CT molecular complexity index is 793. The van der Waals surface area contributed by atoms with E-state index >= 15 is 0 Å². The fourth-order valence-corrected chi connectivity index (χ4v) is 3.58. The number of rotatable bonds is 2. The number of amides is 2. The molecule has 2 heterocycles. The quantitative estimate of drug-likeness (QED) is 0.800. The average molecular weight is 294 g/mol. The Balaban J connectivity index is 1.63. The van der Waals surface area contributed by atoms with Gasteiger partial charge in [-0.15, -0.1) is 0 Å². The number of aryl methyl sites for hydroxylation is 1. The van der Waals surface area contributed by atoms with Crippen molar-refractivity contribution >= 4 is 22.7 Å². The molecule has 1 aliphatic carbocycles. The number of hydrogen-bond donors (Lipinski definition) is 0. The molecule has 1 saturated carbocycles. The molecule has 0 unspecified atom stereocenters. The lowest BCUT2D eigenvalue weighted by atomic mass is 9.68. The first kappa shape index (κ1) is 13.4. The molecule has 2 aromatic rings. The second-order valence-corrected chi connectivity index (χ2v) is 6.64. The highest BCUT2D eigenvalue weighted by atomic mass is 16.2. The monoisotopic (exact) mass is 294 g/mol. The zero-order valence-electron chi connectivity index (χ0n) is 12.6. The van der Waals surface area contributed by atoms with Crippen LogP contribution >= 0.6 is 0 Å². The Hall–Kier alpha value is -2.23. The summed E-state index contributed by atoms with van der Waals surface area (Å²) in [6.45, 7) is 2.39.